The van der Waals surface area contributed by atoms with Crippen LogP contribution in [-0.4, -0.2) is 55.5 Å². The molecule has 0 bridgehead atoms. The Balaban J connectivity index is 1.33. The largest absolute Gasteiger partial charge is 0.497 e. The molecule has 0 saturated carbocycles. The number of carbonyl (C=O) groups is 1. The van der Waals surface area contributed by atoms with Crippen LogP contribution < -0.4 is 4.74 Å². The number of hydrogen-bond donors (Lipinski definition) is 0. The van der Waals surface area contributed by atoms with Crippen LogP contribution in [0.1, 0.15) is 29.0 Å². The molecule has 2 aromatic carbocycles. The molecule has 1 saturated heterocycles. The Morgan fingerprint density at radius 1 is 1.04 bits per heavy atom. The van der Waals surface area contributed by atoms with Crippen LogP contribution in [0.2, 0.25) is 0 Å². The van der Waals surface area contributed by atoms with E-state index in [0.29, 0.717) is 12.5 Å². The summed E-state index contributed by atoms with van der Waals surface area (Å²) in [5, 5.41) is 0. The zero-order valence-electron chi connectivity index (χ0n) is 16.1. The van der Waals surface area contributed by atoms with E-state index in [4.69, 9.17) is 4.74 Å². The fourth-order valence-corrected chi connectivity index (χ4v) is 4.34. The summed E-state index contributed by atoms with van der Waals surface area (Å²) in [6.07, 6.45) is 2.98. The molecule has 2 aliphatic heterocycles. The second kappa shape index (κ2) is 8.13. The van der Waals surface area contributed by atoms with Gasteiger partial charge in [0.25, 0.3) is 0 Å². The highest BCUT2D eigenvalue weighted by Gasteiger charge is 2.27. The summed E-state index contributed by atoms with van der Waals surface area (Å²) in [5.74, 6) is 1.72. The number of amides is 1. The lowest BCUT2D eigenvalue weighted by Crippen LogP contribution is -2.40. The van der Waals surface area contributed by atoms with E-state index >= 15 is 0 Å². The molecule has 0 aliphatic carbocycles. The molecule has 4 nitrogen and oxygen atoms in total. The van der Waals surface area contributed by atoms with Gasteiger partial charge in [-0.25, -0.2) is 0 Å². The van der Waals surface area contributed by atoms with E-state index in [0.717, 1.165) is 51.2 Å². The number of fused-ring (bicyclic) bond motifs is 1. The maximum absolute atomic E-state index is 12.9. The standard InChI is InChI=1S/C23H28N2O2/c1-27-22-8-7-19-10-13-25(14-11-20(19)15-22)23(26)17-24-12-9-21(16-24)18-5-3-2-4-6-18/h2-8,15,21H,9-14,16-17H2,1H3/t21-/m1/s1. The summed E-state index contributed by atoms with van der Waals surface area (Å²) < 4.78 is 5.34. The first-order chi connectivity index (χ1) is 13.2. The van der Waals surface area contributed by atoms with Crippen LogP contribution in [-0.2, 0) is 17.6 Å². The minimum Gasteiger partial charge on any atom is -0.497 e. The third kappa shape index (κ3) is 4.16. The van der Waals surface area contributed by atoms with Crippen molar-refractivity contribution in [1.82, 2.24) is 9.80 Å². The average molecular weight is 364 g/mol. The zero-order chi connectivity index (χ0) is 18.6. The predicted molar refractivity (Wildman–Crippen MR) is 107 cm³/mol. The van der Waals surface area contributed by atoms with Gasteiger partial charge in [-0.3, -0.25) is 9.69 Å². The summed E-state index contributed by atoms with van der Waals surface area (Å²) in [6, 6.07) is 17.0. The van der Waals surface area contributed by atoms with Gasteiger partial charge < -0.3 is 9.64 Å². The van der Waals surface area contributed by atoms with E-state index in [1.807, 2.05) is 11.0 Å². The van der Waals surface area contributed by atoms with E-state index in [9.17, 15) is 4.79 Å². The highest BCUT2D eigenvalue weighted by atomic mass is 16.5. The van der Waals surface area contributed by atoms with E-state index in [-0.39, 0.29) is 5.91 Å². The molecule has 4 heteroatoms. The lowest BCUT2D eigenvalue weighted by molar-refractivity contribution is -0.132. The van der Waals surface area contributed by atoms with E-state index < -0.39 is 0 Å². The molecule has 2 aromatic rings. The molecule has 142 valence electrons. The van der Waals surface area contributed by atoms with E-state index in [1.54, 1.807) is 7.11 Å². The van der Waals surface area contributed by atoms with Crippen LogP contribution in [0.4, 0.5) is 0 Å². The van der Waals surface area contributed by atoms with Crippen molar-refractivity contribution in [3.05, 3.63) is 65.2 Å². The average Bonchev–Trinajstić information content (AvgIpc) is 3.06. The van der Waals surface area contributed by atoms with Crippen molar-refractivity contribution in [2.24, 2.45) is 0 Å². The molecule has 2 aliphatic rings. The summed E-state index contributed by atoms with van der Waals surface area (Å²) in [5.41, 5.74) is 4.05. The Morgan fingerprint density at radius 3 is 2.59 bits per heavy atom. The fraction of sp³-hybridized carbons (Fsp3) is 0.435. The SMILES string of the molecule is COc1ccc2c(c1)CCN(C(=O)CN1CC[C@@H](c3ccccc3)C1)CC2. The Kier molecular flexibility index (Phi) is 5.44. The summed E-state index contributed by atoms with van der Waals surface area (Å²) >= 11 is 0. The van der Waals surface area contributed by atoms with Gasteiger partial charge in [-0.05, 0) is 60.5 Å². The fourth-order valence-electron chi connectivity index (χ4n) is 4.34. The third-order valence-corrected chi connectivity index (χ3v) is 5.97. The number of rotatable bonds is 4. The van der Waals surface area contributed by atoms with Crippen LogP contribution in [0.15, 0.2) is 48.5 Å². The Hall–Kier alpha value is -2.33. The molecule has 1 atom stereocenters. The second-order valence-corrected chi connectivity index (χ2v) is 7.65. The van der Waals surface area contributed by atoms with Gasteiger partial charge in [-0.2, -0.15) is 0 Å². The highest BCUT2D eigenvalue weighted by molar-refractivity contribution is 5.78. The highest BCUT2D eigenvalue weighted by Crippen LogP contribution is 2.27. The predicted octanol–water partition coefficient (Wildman–Crippen LogP) is 3.11. The number of carbonyl (C=O) groups excluding carboxylic acids is 1. The number of ether oxygens (including phenoxy) is 1. The van der Waals surface area contributed by atoms with Crippen LogP contribution in [0.3, 0.4) is 0 Å². The van der Waals surface area contributed by atoms with Crippen molar-refractivity contribution in [2.45, 2.75) is 25.2 Å². The lowest BCUT2D eigenvalue weighted by Gasteiger charge is -2.24. The van der Waals surface area contributed by atoms with Gasteiger partial charge in [0.2, 0.25) is 5.91 Å². The Morgan fingerprint density at radius 2 is 1.81 bits per heavy atom. The van der Waals surface area contributed by atoms with Gasteiger partial charge in [0.1, 0.15) is 5.75 Å². The van der Waals surface area contributed by atoms with E-state index in [2.05, 4.69) is 47.4 Å². The molecule has 0 aromatic heterocycles. The van der Waals surface area contributed by atoms with Crippen molar-refractivity contribution in [3.63, 3.8) is 0 Å². The van der Waals surface area contributed by atoms with Gasteiger partial charge in [-0.1, -0.05) is 36.4 Å². The molecule has 27 heavy (non-hydrogen) atoms. The lowest BCUT2D eigenvalue weighted by atomic mass is 9.99. The maximum atomic E-state index is 12.9. The minimum atomic E-state index is 0.267. The molecule has 1 amide bonds. The summed E-state index contributed by atoms with van der Waals surface area (Å²) in [4.78, 5) is 17.2. The van der Waals surface area contributed by atoms with Crippen molar-refractivity contribution >= 4 is 5.91 Å². The summed E-state index contributed by atoms with van der Waals surface area (Å²) in [7, 11) is 1.70. The smallest absolute Gasteiger partial charge is 0.236 e. The van der Waals surface area contributed by atoms with Gasteiger partial charge in [0.15, 0.2) is 0 Å². The van der Waals surface area contributed by atoms with Crippen LogP contribution >= 0.6 is 0 Å². The Bertz CT molecular complexity index is 790. The van der Waals surface area contributed by atoms with Crippen molar-refractivity contribution in [2.75, 3.05) is 39.8 Å². The van der Waals surface area contributed by atoms with Crippen LogP contribution in [0.25, 0.3) is 0 Å². The first-order valence-corrected chi connectivity index (χ1v) is 9.94. The minimum absolute atomic E-state index is 0.267. The number of benzene rings is 2. The maximum Gasteiger partial charge on any atom is 0.236 e. The molecule has 1 fully saturated rings. The number of hydrogen-bond acceptors (Lipinski definition) is 3. The monoisotopic (exact) mass is 364 g/mol. The van der Waals surface area contributed by atoms with Crippen molar-refractivity contribution in [3.8, 4) is 5.75 Å². The molecule has 0 N–H and O–H groups in total. The first-order valence-electron chi connectivity index (χ1n) is 9.94. The summed E-state index contributed by atoms with van der Waals surface area (Å²) in [6.45, 7) is 4.16. The molecule has 0 radical (unpaired) electrons. The molecular weight excluding hydrogens is 336 g/mol. The third-order valence-electron chi connectivity index (χ3n) is 5.97. The molecule has 0 spiro atoms. The van der Waals surface area contributed by atoms with Gasteiger partial charge in [0, 0.05) is 19.6 Å². The van der Waals surface area contributed by atoms with Gasteiger partial charge in [-0.15, -0.1) is 0 Å². The quantitative estimate of drug-likeness (QED) is 0.836. The van der Waals surface area contributed by atoms with Gasteiger partial charge in [0.05, 0.1) is 13.7 Å². The van der Waals surface area contributed by atoms with Crippen LogP contribution in [0.5, 0.6) is 5.75 Å². The van der Waals surface area contributed by atoms with Crippen molar-refractivity contribution < 1.29 is 9.53 Å². The van der Waals surface area contributed by atoms with Crippen molar-refractivity contribution in [1.29, 1.82) is 0 Å². The molecular formula is C23H28N2O2. The number of nitrogens with zero attached hydrogens (tertiary/aromatic N) is 2. The number of methoxy groups -OCH3 is 1. The first kappa shape index (κ1) is 18.1. The molecule has 2 heterocycles. The second-order valence-electron chi connectivity index (χ2n) is 7.65. The molecule has 4 rings (SSSR count). The zero-order valence-corrected chi connectivity index (χ0v) is 16.1. The topological polar surface area (TPSA) is 32.8 Å². The Labute approximate surface area is 161 Å². The van der Waals surface area contributed by atoms with E-state index in [1.165, 1.54) is 16.7 Å². The van der Waals surface area contributed by atoms with Gasteiger partial charge >= 0.3 is 0 Å². The molecule has 0 unspecified atom stereocenters. The number of likely N-dealkylation sites (tertiary alicyclic amines) is 1. The normalized spacial score (nSPS) is 20.2. The van der Waals surface area contributed by atoms with Crippen LogP contribution in [0, 0.1) is 0 Å².